The van der Waals surface area contributed by atoms with Gasteiger partial charge in [-0.25, -0.2) is 4.79 Å². The van der Waals surface area contributed by atoms with Gasteiger partial charge in [-0.3, -0.25) is 4.79 Å². The molecule has 0 spiro atoms. The third kappa shape index (κ3) is 4.33. The van der Waals surface area contributed by atoms with E-state index in [0.29, 0.717) is 10.9 Å². The molecule has 3 rings (SSSR count). The van der Waals surface area contributed by atoms with E-state index in [0.717, 1.165) is 5.39 Å². The van der Waals surface area contributed by atoms with Gasteiger partial charge in [0, 0.05) is 11.6 Å². The molecule has 26 heavy (non-hydrogen) atoms. The summed E-state index contributed by atoms with van der Waals surface area (Å²) in [6.45, 7) is -0.0564. The quantitative estimate of drug-likeness (QED) is 0.276. The Kier molecular flexibility index (Phi) is 5.47. The number of hydrogen-bond donors (Lipinski definition) is 0. The summed E-state index contributed by atoms with van der Waals surface area (Å²) in [7, 11) is 0. The molecular formula is C19H13Cl3NO3+. The average molecular weight is 410 g/mol. The number of carbonyl (C=O) groups excluding carboxylic acids is 2. The van der Waals surface area contributed by atoms with E-state index >= 15 is 0 Å². The lowest BCUT2D eigenvalue weighted by atomic mass is 10.1. The Morgan fingerprint density at radius 1 is 0.923 bits per heavy atom. The molecule has 0 amide bonds. The van der Waals surface area contributed by atoms with E-state index in [1.54, 1.807) is 48.7 Å². The lowest BCUT2D eigenvalue weighted by molar-refractivity contribution is -0.684. The predicted molar refractivity (Wildman–Crippen MR) is 101 cm³/mol. The van der Waals surface area contributed by atoms with Crippen molar-refractivity contribution < 1.29 is 18.9 Å². The minimum absolute atomic E-state index is 0.0564. The van der Waals surface area contributed by atoms with Crippen LogP contribution >= 0.6 is 34.8 Å². The highest BCUT2D eigenvalue weighted by Crippen LogP contribution is 2.29. The Morgan fingerprint density at radius 2 is 1.58 bits per heavy atom. The van der Waals surface area contributed by atoms with Crippen LogP contribution < -0.4 is 4.57 Å². The monoisotopic (exact) mass is 408 g/mol. The second kappa shape index (κ2) is 7.62. The van der Waals surface area contributed by atoms with Crippen LogP contribution in [0, 0.1) is 0 Å². The molecule has 2 aromatic carbocycles. The zero-order valence-corrected chi connectivity index (χ0v) is 15.6. The predicted octanol–water partition coefficient (Wildman–Crippen LogP) is 4.49. The maximum absolute atomic E-state index is 12.6. The van der Waals surface area contributed by atoms with Gasteiger partial charge in [0.05, 0.1) is 5.39 Å². The van der Waals surface area contributed by atoms with Gasteiger partial charge in [0.25, 0.3) is 5.69 Å². The van der Waals surface area contributed by atoms with Crippen LogP contribution in [0.4, 0.5) is 0 Å². The molecule has 0 aliphatic heterocycles. The molecule has 0 atom stereocenters. The number of nitrogens with zero attached hydrogens (tertiary/aromatic N) is 1. The fraction of sp³-hybridized carbons (Fsp3) is 0.105. The van der Waals surface area contributed by atoms with Crippen molar-refractivity contribution in [2.45, 2.75) is 10.5 Å². The molecule has 0 aliphatic rings. The second-order valence-electron chi connectivity index (χ2n) is 5.50. The Balaban J connectivity index is 2.05. The van der Waals surface area contributed by atoms with Gasteiger partial charge in [-0.15, -0.1) is 0 Å². The zero-order chi connectivity index (χ0) is 18.7. The number of benzene rings is 2. The highest BCUT2D eigenvalue weighted by Gasteiger charge is 2.33. The number of ketones is 1. The minimum atomic E-state index is -2.20. The molecule has 0 radical (unpaired) electrons. The molecule has 1 aromatic heterocycles. The number of aromatic nitrogens is 1. The van der Waals surface area contributed by atoms with E-state index in [4.69, 9.17) is 39.5 Å². The molecule has 0 aliphatic carbocycles. The zero-order valence-electron chi connectivity index (χ0n) is 13.4. The average Bonchev–Trinajstić information content (AvgIpc) is 2.60. The van der Waals surface area contributed by atoms with Gasteiger partial charge in [0.15, 0.2) is 6.20 Å². The summed E-state index contributed by atoms with van der Waals surface area (Å²) >= 11 is 16.8. The van der Waals surface area contributed by atoms with Gasteiger partial charge < -0.3 is 4.74 Å². The van der Waals surface area contributed by atoms with Gasteiger partial charge in [-0.05, 0) is 46.3 Å². The van der Waals surface area contributed by atoms with Crippen molar-refractivity contribution in [3.05, 3.63) is 78.1 Å². The Bertz CT molecular complexity index is 969. The standard InChI is InChI=1S/C19H13Cl3NO3/c20-19(21,22)26-18(25)17-15-9-5-4-6-13(15)10-11-23(17)12-16(24)14-7-2-1-3-8-14/h1-11H,12H2/q+1. The third-order valence-corrected chi connectivity index (χ3v) is 3.98. The molecule has 0 saturated carbocycles. The molecule has 132 valence electrons. The van der Waals surface area contributed by atoms with E-state index in [1.165, 1.54) is 4.57 Å². The molecular weight excluding hydrogens is 397 g/mol. The van der Waals surface area contributed by atoms with E-state index in [-0.39, 0.29) is 18.0 Å². The summed E-state index contributed by atoms with van der Waals surface area (Å²) in [5.41, 5.74) is 0.674. The van der Waals surface area contributed by atoms with Crippen LogP contribution in [0.5, 0.6) is 0 Å². The van der Waals surface area contributed by atoms with Crippen molar-refractivity contribution in [3.8, 4) is 0 Å². The molecule has 3 aromatic rings. The number of rotatable bonds is 4. The van der Waals surface area contributed by atoms with Crippen LogP contribution in [0.1, 0.15) is 20.8 Å². The van der Waals surface area contributed by atoms with E-state index in [9.17, 15) is 9.59 Å². The number of hydrogen-bond acceptors (Lipinski definition) is 3. The van der Waals surface area contributed by atoms with Crippen LogP contribution in [-0.4, -0.2) is 15.7 Å². The Labute approximate surface area is 164 Å². The number of carbonyl (C=O) groups is 2. The number of fused-ring (bicyclic) bond motifs is 1. The highest BCUT2D eigenvalue weighted by atomic mass is 35.6. The molecule has 0 fully saturated rings. The molecule has 0 unspecified atom stereocenters. The number of alkyl halides is 3. The van der Waals surface area contributed by atoms with Gasteiger partial charge in [0.2, 0.25) is 12.3 Å². The summed E-state index contributed by atoms with van der Waals surface area (Å²) in [4.78, 5) is 25.2. The van der Waals surface area contributed by atoms with E-state index in [1.807, 2.05) is 18.2 Å². The van der Waals surface area contributed by atoms with Crippen molar-refractivity contribution in [1.29, 1.82) is 0 Å². The van der Waals surface area contributed by atoms with Gasteiger partial charge in [-0.2, -0.15) is 4.57 Å². The lowest BCUT2D eigenvalue weighted by Crippen LogP contribution is -2.44. The third-order valence-electron chi connectivity index (χ3n) is 3.75. The summed E-state index contributed by atoms with van der Waals surface area (Å²) in [5.74, 6) is -0.989. The van der Waals surface area contributed by atoms with Crippen LogP contribution in [0.3, 0.4) is 0 Å². The summed E-state index contributed by atoms with van der Waals surface area (Å²) in [6.07, 6.45) is 1.64. The van der Waals surface area contributed by atoms with Crippen molar-refractivity contribution in [2.24, 2.45) is 0 Å². The number of halogens is 3. The summed E-state index contributed by atoms with van der Waals surface area (Å²) in [6, 6.07) is 17.8. The first kappa shape index (κ1) is 18.6. The van der Waals surface area contributed by atoms with Crippen LogP contribution in [0.2, 0.25) is 0 Å². The smallest absolute Gasteiger partial charge is 0.406 e. The SMILES string of the molecule is O=C(C[n+]1ccc2ccccc2c1C(=O)OC(Cl)(Cl)Cl)c1ccccc1. The largest absolute Gasteiger partial charge is 0.407 e. The molecule has 0 saturated heterocycles. The maximum Gasteiger partial charge on any atom is 0.407 e. The fourth-order valence-electron chi connectivity index (χ4n) is 2.64. The Hall–Kier alpha value is -2.14. The molecule has 7 heteroatoms. The normalized spacial score (nSPS) is 11.3. The van der Waals surface area contributed by atoms with Crippen molar-refractivity contribution in [3.63, 3.8) is 0 Å². The maximum atomic E-state index is 12.6. The highest BCUT2D eigenvalue weighted by molar-refractivity contribution is 6.66. The molecule has 4 nitrogen and oxygen atoms in total. The van der Waals surface area contributed by atoms with Gasteiger partial charge >= 0.3 is 9.95 Å². The van der Waals surface area contributed by atoms with Crippen LogP contribution in [0.15, 0.2) is 66.9 Å². The summed E-state index contributed by atoms with van der Waals surface area (Å²) in [5, 5.41) is 1.39. The number of Topliss-reactive ketones (excluding diaryl/α,β-unsaturated/α-hetero) is 1. The fourth-order valence-corrected chi connectivity index (χ4v) is 2.85. The first-order chi connectivity index (χ1) is 12.3. The van der Waals surface area contributed by atoms with Crippen LogP contribution in [0.25, 0.3) is 10.8 Å². The number of esters is 1. The molecule has 0 bridgehead atoms. The minimum Gasteiger partial charge on any atom is -0.406 e. The van der Waals surface area contributed by atoms with Crippen LogP contribution in [-0.2, 0) is 11.3 Å². The summed E-state index contributed by atoms with van der Waals surface area (Å²) < 4.78 is 4.18. The second-order valence-corrected chi connectivity index (χ2v) is 7.68. The van der Waals surface area contributed by atoms with Crippen molar-refractivity contribution >= 4 is 57.3 Å². The van der Waals surface area contributed by atoms with Crippen molar-refractivity contribution in [1.82, 2.24) is 0 Å². The first-order valence-corrected chi connectivity index (χ1v) is 8.78. The van der Waals surface area contributed by atoms with E-state index < -0.39 is 9.95 Å². The Morgan fingerprint density at radius 3 is 2.27 bits per heavy atom. The topological polar surface area (TPSA) is 47.2 Å². The number of pyridine rings is 1. The van der Waals surface area contributed by atoms with Gasteiger partial charge in [-0.1, -0.05) is 48.5 Å². The molecule has 0 N–H and O–H groups in total. The lowest BCUT2D eigenvalue weighted by Gasteiger charge is -2.12. The first-order valence-electron chi connectivity index (χ1n) is 7.65. The molecule has 1 heterocycles. The van der Waals surface area contributed by atoms with Gasteiger partial charge in [0.1, 0.15) is 0 Å². The van der Waals surface area contributed by atoms with Crippen molar-refractivity contribution in [2.75, 3.05) is 0 Å². The van der Waals surface area contributed by atoms with E-state index in [2.05, 4.69) is 0 Å². The number of ether oxygens (including phenoxy) is 1.